The lowest BCUT2D eigenvalue weighted by molar-refractivity contribution is 0.0475. The maximum absolute atomic E-state index is 13.2. The lowest BCUT2D eigenvalue weighted by Gasteiger charge is -2.34. The Hall–Kier alpha value is -2.58. The first kappa shape index (κ1) is 24.5. The normalized spacial score (nSPS) is 17.7. The first-order valence-corrected chi connectivity index (χ1v) is 12.5. The lowest BCUT2D eigenvalue weighted by atomic mass is 10.0. The zero-order valence-corrected chi connectivity index (χ0v) is 21.4. The number of nitrogens with zero attached hydrogens (tertiary/aromatic N) is 5. The zero-order valence-electron chi connectivity index (χ0n) is 21.4. The van der Waals surface area contributed by atoms with E-state index >= 15 is 0 Å². The molecule has 1 aromatic carbocycles. The van der Waals surface area contributed by atoms with E-state index in [2.05, 4.69) is 72.2 Å². The molecule has 0 amide bonds. The molecule has 1 aliphatic rings. The van der Waals surface area contributed by atoms with Gasteiger partial charge in [0, 0.05) is 25.3 Å². The molecule has 1 fully saturated rings. The van der Waals surface area contributed by atoms with Crippen LogP contribution in [0.1, 0.15) is 81.9 Å². The highest BCUT2D eigenvalue weighted by atomic mass is 16.5. The Bertz CT molecular complexity index is 1190. The summed E-state index contributed by atoms with van der Waals surface area (Å²) in [4.78, 5) is 18.6. The highest BCUT2D eigenvalue weighted by Crippen LogP contribution is 2.30. The van der Waals surface area contributed by atoms with E-state index < -0.39 is 0 Å². The molecule has 0 spiro atoms. The van der Waals surface area contributed by atoms with Crippen molar-refractivity contribution in [3.63, 3.8) is 0 Å². The second-order valence-electron chi connectivity index (χ2n) is 10.3. The van der Waals surface area contributed by atoms with Crippen LogP contribution < -0.4 is 5.56 Å². The van der Waals surface area contributed by atoms with Gasteiger partial charge in [-0.2, -0.15) is 0 Å². The minimum absolute atomic E-state index is 0.0284. The molecule has 3 aromatic rings. The Morgan fingerprint density at radius 1 is 1.26 bits per heavy atom. The van der Waals surface area contributed by atoms with Crippen LogP contribution in [0.3, 0.4) is 0 Å². The molecule has 184 valence electrons. The molecule has 0 saturated carbocycles. The van der Waals surface area contributed by atoms with Gasteiger partial charge in [-0.05, 0) is 86.9 Å². The van der Waals surface area contributed by atoms with Crippen molar-refractivity contribution in [2.45, 2.75) is 91.5 Å². The number of hydrogen-bond donors (Lipinski definition) is 1. The van der Waals surface area contributed by atoms with Crippen LogP contribution in [-0.2, 0) is 16.8 Å². The topological polar surface area (TPSA) is 88.9 Å². The van der Waals surface area contributed by atoms with Crippen LogP contribution in [0.25, 0.3) is 10.9 Å². The van der Waals surface area contributed by atoms with Gasteiger partial charge in [0.2, 0.25) is 0 Å². The summed E-state index contributed by atoms with van der Waals surface area (Å²) in [5.74, 6) is 0.844. The minimum Gasteiger partial charge on any atom is -0.377 e. The molecular formula is C26H38N6O2. The van der Waals surface area contributed by atoms with Crippen molar-refractivity contribution in [1.82, 2.24) is 30.1 Å². The van der Waals surface area contributed by atoms with E-state index in [0.717, 1.165) is 66.7 Å². The fourth-order valence-corrected chi connectivity index (χ4v) is 5.01. The van der Waals surface area contributed by atoms with Crippen LogP contribution in [0, 0.1) is 13.8 Å². The van der Waals surface area contributed by atoms with Gasteiger partial charge in [0.15, 0.2) is 5.82 Å². The van der Waals surface area contributed by atoms with Crippen molar-refractivity contribution in [2.24, 2.45) is 0 Å². The number of tetrazole rings is 1. The maximum Gasteiger partial charge on any atom is 0.252 e. The number of H-pyrrole nitrogens is 1. The molecule has 0 unspecified atom stereocenters. The average molecular weight is 467 g/mol. The summed E-state index contributed by atoms with van der Waals surface area (Å²) in [6.45, 7) is 14.8. The molecule has 4 rings (SSSR count). The van der Waals surface area contributed by atoms with E-state index in [1.807, 2.05) is 17.7 Å². The summed E-state index contributed by atoms with van der Waals surface area (Å²) in [6.07, 6.45) is 4.00. The Morgan fingerprint density at radius 3 is 2.74 bits per heavy atom. The molecule has 8 heteroatoms. The number of hydrogen-bond acceptors (Lipinski definition) is 6. The molecule has 1 saturated heterocycles. The molecule has 1 aliphatic heterocycles. The second-order valence-corrected chi connectivity index (χ2v) is 10.3. The fraction of sp³-hybridized carbons (Fsp3) is 0.615. The van der Waals surface area contributed by atoms with Gasteiger partial charge in [0.05, 0.1) is 23.2 Å². The number of rotatable bonds is 9. The van der Waals surface area contributed by atoms with Gasteiger partial charge in [-0.25, -0.2) is 4.68 Å². The van der Waals surface area contributed by atoms with E-state index in [4.69, 9.17) is 4.74 Å². The number of aryl methyl sites for hydroxylation is 2. The van der Waals surface area contributed by atoms with Crippen molar-refractivity contribution < 1.29 is 4.74 Å². The van der Waals surface area contributed by atoms with E-state index in [-0.39, 0.29) is 23.2 Å². The van der Waals surface area contributed by atoms with Gasteiger partial charge in [-0.1, -0.05) is 25.5 Å². The number of fused-ring (bicyclic) bond motifs is 1. The third kappa shape index (κ3) is 4.93. The summed E-state index contributed by atoms with van der Waals surface area (Å²) in [7, 11) is 0. The molecule has 0 aliphatic carbocycles. The van der Waals surface area contributed by atoms with E-state index in [1.165, 1.54) is 5.56 Å². The number of aromatic nitrogens is 5. The van der Waals surface area contributed by atoms with Crippen molar-refractivity contribution >= 4 is 10.9 Å². The Labute approximate surface area is 201 Å². The van der Waals surface area contributed by atoms with Gasteiger partial charge in [0.1, 0.15) is 0 Å². The first-order chi connectivity index (χ1) is 16.2. The number of nitrogens with one attached hydrogen (secondary N) is 1. The lowest BCUT2D eigenvalue weighted by Crippen LogP contribution is -2.39. The molecular weight excluding hydrogens is 428 g/mol. The molecule has 2 atom stereocenters. The monoisotopic (exact) mass is 466 g/mol. The van der Waals surface area contributed by atoms with Crippen LogP contribution in [0.5, 0.6) is 0 Å². The molecule has 1 N–H and O–H groups in total. The van der Waals surface area contributed by atoms with Crippen LogP contribution >= 0.6 is 0 Å². The molecule has 3 heterocycles. The van der Waals surface area contributed by atoms with Crippen molar-refractivity contribution in [1.29, 1.82) is 0 Å². The number of pyridine rings is 1. The third-order valence-corrected chi connectivity index (χ3v) is 7.26. The molecule has 0 radical (unpaired) electrons. The van der Waals surface area contributed by atoms with Crippen molar-refractivity contribution in [3.8, 4) is 0 Å². The maximum atomic E-state index is 13.2. The van der Waals surface area contributed by atoms with Crippen LogP contribution in [0.2, 0.25) is 0 Å². The van der Waals surface area contributed by atoms with E-state index in [9.17, 15) is 4.79 Å². The first-order valence-electron chi connectivity index (χ1n) is 12.5. The molecule has 0 bridgehead atoms. The zero-order chi connectivity index (χ0) is 24.5. The van der Waals surface area contributed by atoms with Gasteiger partial charge >= 0.3 is 0 Å². The number of benzene rings is 1. The second kappa shape index (κ2) is 9.96. The average Bonchev–Trinajstić information content (AvgIpc) is 3.48. The highest BCUT2D eigenvalue weighted by Gasteiger charge is 2.32. The SMILES string of the molecule is CC[C@H](c1nnnn1C(C)(C)CC)N(Cc1cc2cc(C)cc(C)c2[nH]c1=O)C[C@@H]1CCCO1. The van der Waals surface area contributed by atoms with Gasteiger partial charge in [0.25, 0.3) is 5.56 Å². The van der Waals surface area contributed by atoms with Gasteiger partial charge < -0.3 is 9.72 Å². The van der Waals surface area contributed by atoms with Crippen LogP contribution in [-0.4, -0.2) is 49.3 Å². The summed E-state index contributed by atoms with van der Waals surface area (Å²) >= 11 is 0. The standard InChI is InChI=1S/C26H38N6O2/c1-7-22(24-28-29-30-32(24)26(5,6)8-2)31(16-21-10-9-11-34-21)15-20-14-19-13-17(3)12-18(4)23(19)27-25(20)33/h12-14,21-22H,7-11,15-16H2,1-6H3,(H,27,33)/t21-,22+/m0/s1. The van der Waals surface area contributed by atoms with Crippen LogP contribution in [0.4, 0.5) is 0 Å². The van der Waals surface area contributed by atoms with Crippen molar-refractivity contribution in [2.75, 3.05) is 13.2 Å². The summed E-state index contributed by atoms with van der Waals surface area (Å²) in [5, 5.41) is 13.9. The molecule has 34 heavy (non-hydrogen) atoms. The summed E-state index contributed by atoms with van der Waals surface area (Å²) in [5.41, 5.74) is 3.69. The summed E-state index contributed by atoms with van der Waals surface area (Å²) < 4.78 is 7.96. The smallest absolute Gasteiger partial charge is 0.252 e. The van der Waals surface area contributed by atoms with Crippen molar-refractivity contribution in [3.05, 3.63) is 51.1 Å². The molecule has 2 aromatic heterocycles. The van der Waals surface area contributed by atoms with E-state index in [0.29, 0.717) is 6.54 Å². The number of ether oxygens (including phenoxy) is 1. The van der Waals surface area contributed by atoms with Crippen LogP contribution in [0.15, 0.2) is 23.0 Å². The number of aromatic amines is 1. The van der Waals surface area contributed by atoms with Gasteiger partial charge in [-0.3, -0.25) is 9.69 Å². The summed E-state index contributed by atoms with van der Waals surface area (Å²) in [6, 6.07) is 6.25. The fourth-order valence-electron chi connectivity index (χ4n) is 5.01. The van der Waals surface area contributed by atoms with Gasteiger partial charge in [-0.15, -0.1) is 5.10 Å². The predicted molar refractivity (Wildman–Crippen MR) is 134 cm³/mol. The quantitative estimate of drug-likeness (QED) is 0.503. The molecule has 8 nitrogen and oxygen atoms in total. The highest BCUT2D eigenvalue weighted by molar-refractivity contribution is 5.82. The Morgan fingerprint density at radius 2 is 2.06 bits per heavy atom. The Kier molecular flexibility index (Phi) is 7.19. The minimum atomic E-state index is -0.197. The largest absolute Gasteiger partial charge is 0.377 e. The predicted octanol–water partition coefficient (Wildman–Crippen LogP) is 4.41. The van der Waals surface area contributed by atoms with E-state index in [1.54, 1.807) is 0 Å². The Balaban J connectivity index is 1.74. The third-order valence-electron chi connectivity index (χ3n) is 7.26.